The molecule has 1 unspecified atom stereocenters. The van der Waals surface area contributed by atoms with E-state index in [0.717, 1.165) is 0 Å². The van der Waals surface area contributed by atoms with E-state index in [-0.39, 0.29) is 5.91 Å². The molecule has 0 saturated carbocycles. The molecule has 1 atom stereocenters. The molecular weight excluding hydrogens is 289 g/mol. The largest absolute Gasteiger partial charge is 0.393 e. The summed E-state index contributed by atoms with van der Waals surface area (Å²) in [6, 6.07) is 3.90. The van der Waals surface area contributed by atoms with E-state index in [1.54, 1.807) is 0 Å². The predicted molar refractivity (Wildman–Crippen MR) is 67.3 cm³/mol. The molecule has 0 spiro atoms. The zero-order valence-corrected chi connectivity index (χ0v) is 11.1. The van der Waals surface area contributed by atoms with E-state index in [0.29, 0.717) is 29.4 Å². The van der Waals surface area contributed by atoms with Crippen molar-refractivity contribution in [3.05, 3.63) is 34.1 Å². The predicted octanol–water partition coefficient (Wildman–Crippen LogP) is 2.48. The smallest absolute Gasteiger partial charge is 0.252 e. The fraction of sp³-hybridized carbons (Fsp3) is 0.417. The molecule has 0 aromatic heterocycles. The van der Waals surface area contributed by atoms with E-state index in [2.05, 4.69) is 21.2 Å². The maximum Gasteiger partial charge on any atom is 0.252 e. The first-order valence-corrected chi connectivity index (χ1v) is 6.25. The summed E-state index contributed by atoms with van der Waals surface area (Å²) in [6.07, 6.45) is 0.781. The molecule has 1 aromatic rings. The van der Waals surface area contributed by atoms with E-state index in [9.17, 15) is 14.3 Å². The van der Waals surface area contributed by atoms with Crippen LogP contribution in [0.1, 0.15) is 30.1 Å². The van der Waals surface area contributed by atoms with Crippen LogP contribution in [0.4, 0.5) is 4.39 Å². The first kappa shape index (κ1) is 14.1. The normalized spacial score (nSPS) is 12.2. The summed E-state index contributed by atoms with van der Waals surface area (Å²) in [5, 5.41) is 12.0. The zero-order valence-electron chi connectivity index (χ0n) is 9.54. The fourth-order valence-electron chi connectivity index (χ4n) is 1.33. The quantitative estimate of drug-likeness (QED) is 0.878. The van der Waals surface area contributed by atoms with Gasteiger partial charge in [0.25, 0.3) is 5.91 Å². The van der Waals surface area contributed by atoms with Gasteiger partial charge in [0.15, 0.2) is 0 Å². The first-order valence-electron chi connectivity index (χ1n) is 5.46. The monoisotopic (exact) mass is 303 g/mol. The minimum absolute atomic E-state index is 0.278. The molecule has 2 N–H and O–H groups in total. The number of amides is 1. The van der Waals surface area contributed by atoms with Crippen molar-refractivity contribution in [1.29, 1.82) is 0 Å². The number of carbonyl (C=O) groups is 1. The second-order valence-electron chi connectivity index (χ2n) is 3.73. The second-order valence-corrected chi connectivity index (χ2v) is 4.59. The Hall–Kier alpha value is -0.940. The topological polar surface area (TPSA) is 49.3 Å². The molecule has 0 fully saturated rings. The Morgan fingerprint density at radius 2 is 2.29 bits per heavy atom. The van der Waals surface area contributed by atoms with E-state index in [1.807, 2.05) is 6.92 Å². The van der Waals surface area contributed by atoms with Crippen molar-refractivity contribution in [3.63, 3.8) is 0 Å². The number of nitrogens with one attached hydrogen (secondary N) is 1. The first-order chi connectivity index (χ1) is 8.04. The van der Waals surface area contributed by atoms with Gasteiger partial charge in [0.2, 0.25) is 0 Å². The standard InChI is InChI=1S/C12H15BrFNO2/c1-2-9(16)5-6-15-12(17)10-4-3-8(14)7-11(10)13/h3-4,7,9,16H,2,5-6H2,1H3,(H,15,17). The van der Waals surface area contributed by atoms with E-state index in [1.165, 1.54) is 18.2 Å². The molecule has 1 rings (SSSR count). The van der Waals surface area contributed by atoms with Crippen LogP contribution in [0.25, 0.3) is 0 Å². The van der Waals surface area contributed by atoms with Crippen LogP contribution in [-0.2, 0) is 0 Å². The van der Waals surface area contributed by atoms with Gasteiger partial charge >= 0.3 is 0 Å². The SMILES string of the molecule is CCC(O)CCNC(=O)c1ccc(F)cc1Br. The number of rotatable bonds is 5. The molecule has 0 bridgehead atoms. The number of aliphatic hydroxyl groups excluding tert-OH is 1. The average molecular weight is 304 g/mol. The second kappa shape index (κ2) is 6.71. The van der Waals surface area contributed by atoms with Crippen LogP contribution in [0.3, 0.4) is 0 Å². The third-order valence-electron chi connectivity index (χ3n) is 2.41. The van der Waals surface area contributed by atoms with Crippen LogP contribution in [0.2, 0.25) is 0 Å². The van der Waals surface area contributed by atoms with Crippen molar-refractivity contribution in [3.8, 4) is 0 Å². The van der Waals surface area contributed by atoms with Gasteiger partial charge in [-0.2, -0.15) is 0 Å². The molecule has 0 heterocycles. The molecular formula is C12H15BrFNO2. The Bertz CT molecular complexity index is 398. The zero-order chi connectivity index (χ0) is 12.8. The molecule has 5 heteroatoms. The van der Waals surface area contributed by atoms with Crippen LogP contribution in [0.15, 0.2) is 22.7 Å². The van der Waals surface area contributed by atoms with Crippen molar-refractivity contribution in [2.24, 2.45) is 0 Å². The van der Waals surface area contributed by atoms with Crippen LogP contribution in [-0.4, -0.2) is 23.7 Å². The molecule has 3 nitrogen and oxygen atoms in total. The Balaban J connectivity index is 2.52. The Labute approximate surface area is 108 Å². The summed E-state index contributed by atoms with van der Waals surface area (Å²) in [5.74, 6) is -0.671. The van der Waals surface area contributed by atoms with Gasteiger partial charge in [-0.25, -0.2) is 4.39 Å². The number of benzene rings is 1. The summed E-state index contributed by atoms with van der Waals surface area (Å²) in [4.78, 5) is 11.7. The number of halogens is 2. The number of aliphatic hydroxyl groups is 1. The average Bonchev–Trinajstić information content (AvgIpc) is 2.28. The summed E-state index contributed by atoms with van der Waals surface area (Å²) in [5.41, 5.74) is 0.386. The van der Waals surface area contributed by atoms with Crippen LogP contribution >= 0.6 is 15.9 Å². The Morgan fingerprint density at radius 1 is 1.59 bits per heavy atom. The molecule has 1 aromatic carbocycles. The molecule has 0 radical (unpaired) electrons. The molecule has 17 heavy (non-hydrogen) atoms. The fourth-order valence-corrected chi connectivity index (χ4v) is 1.86. The van der Waals surface area contributed by atoms with Gasteiger partial charge in [-0.3, -0.25) is 4.79 Å². The molecule has 1 amide bonds. The lowest BCUT2D eigenvalue weighted by atomic mass is 10.2. The third kappa shape index (κ3) is 4.44. The van der Waals surface area contributed by atoms with Crippen molar-refractivity contribution in [2.75, 3.05) is 6.54 Å². The van der Waals surface area contributed by atoms with Gasteiger partial charge in [0, 0.05) is 11.0 Å². The Morgan fingerprint density at radius 3 is 2.88 bits per heavy atom. The molecule has 0 aliphatic carbocycles. The summed E-state index contributed by atoms with van der Waals surface area (Å²) in [6.45, 7) is 2.28. The third-order valence-corrected chi connectivity index (χ3v) is 3.07. The lowest BCUT2D eigenvalue weighted by molar-refractivity contribution is 0.0941. The minimum Gasteiger partial charge on any atom is -0.393 e. The highest BCUT2D eigenvalue weighted by Gasteiger charge is 2.10. The lowest BCUT2D eigenvalue weighted by Gasteiger charge is -2.09. The van der Waals surface area contributed by atoms with Gasteiger partial charge < -0.3 is 10.4 Å². The van der Waals surface area contributed by atoms with Crippen molar-refractivity contribution >= 4 is 21.8 Å². The van der Waals surface area contributed by atoms with Crippen molar-refractivity contribution in [2.45, 2.75) is 25.9 Å². The molecule has 94 valence electrons. The van der Waals surface area contributed by atoms with Crippen LogP contribution in [0, 0.1) is 5.82 Å². The van der Waals surface area contributed by atoms with Gasteiger partial charge in [-0.15, -0.1) is 0 Å². The molecule has 0 aliphatic heterocycles. The maximum atomic E-state index is 12.8. The Kier molecular flexibility index (Phi) is 5.58. The number of hydrogen-bond donors (Lipinski definition) is 2. The summed E-state index contributed by atoms with van der Waals surface area (Å²) < 4.78 is 13.2. The van der Waals surface area contributed by atoms with Gasteiger partial charge in [0.1, 0.15) is 5.82 Å². The van der Waals surface area contributed by atoms with Gasteiger partial charge in [-0.1, -0.05) is 6.92 Å². The van der Waals surface area contributed by atoms with Gasteiger partial charge in [0.05, 0.1) is 11.7 Å². The number of hydrogen-bond acceptors (Lipinski definition) is 2. The van der Waals surface area contributed by atoms with Crippen molar-refractivity contribution in [1.82, 2.24) is 5.32 Å². The van der Waals surface area contributed by atoms with Crippen molar-refractivity contribution < 1.29 is 14.3 Å². The van der Waals surface area contributed by atoms with Crippen LogP contribution in [0.5, 0.6) is 0 Å². The van der Waals surface area contributed by atoms with Gasteiger partial charge in [-0.05, 0) is 47.0 Å². The maximum absolute atomic E-state index is 12.8. The highest BCUT2D eigenvalue weighted by atomic mass is 79.9. The number of carbonyl (C=O) groups excluding carboxylic acids is 1. The lowest BCUT2D eigenvalue weighted by Crippen LogP contribution is -2.27. The highest BCUT2D eigenvalue weighted by molar-refractivity contribution is 9.10. The van der Waals surface area contributed by atoms with E-state index in [4.69, 9.17) is 0 Å². The molecule has 0 saturated heterocycles. The van der Waals surface area contributed by atoms with Crippen LogP contribution < -0.4 is 5.32 Å². The summed E-state index contributed by atoms with van der Waals surface area (Å²) in [7, 11) is 0. The minimum atomic E-state index is -0.396. The van der Waals surface area contributed by atoms with E-state index >= 15 is 0 Å². The summed E-state index contributed by atoms with van der Waals surface area (Å²) >= 11 is 3.13. The van der Waals surface area contributed by atoms with E-state index < -0.39 is 11.9 Å². The molecule has 0 aliphatic rings. The highest BCUT2D eigenvalue weighted by Crippen LogP contribution is 2.17.